The Kier molecular flexibility index (Phi) is 6.60. The van der Waals surface area contributed by atoms with Crippen LogP contribution in [0.25, 0.3) is 0 Å². The molecule has 0 bridgehead atoms. The van der Waals surface area contributed by atoms with Crippen LogP contribution in [0.1, 0.15) is 18.7 Å². The summed E-state index contributed by atoms with van der Waals surface area (Å²) in [5.74, 6) is 0. The van der Waals surface area contributed by atoms with Crippen molar-refractivity contribution in [3.8, 4) is 0 Å². The predicted octanol–water partition coefficient (Wildman–Crippen LogP) is 1.43. The minimum atomic E-state index is -3.40. The van der Waals surface area contributed by atoms with Crippen molar-refractivity contribution in [1.82, 2.24) is 14.5 Å². The van der Waals surface area contributed by atoms with Crippen LogP contribution in [-0.2, 0) is 16.6 Å². The summed E-state index contributed by atoms with van der Waals surface area (Å²) >= 11 is 1.34. The van der Waals surface area contributed by atoms with E-state index < -0.39 is 10.0 Å². The molecule has 0 radical (unpaired) electrons. The number of sulfonamides is 1. The topological polar surface area (TPSA) is 52.7 Å². The van der Waals surface area contributed by atoms with Crippen LogP contribution in [0.5, 0.6) is 0 Å². The molecular weight excluding hydrogens is 294 g/mol. The first-order chi connectivity index (χ1) is 9.32. The molecule has 116 valence electrons. The van der Waals surface area contributed by atoms with Gasteiger partial charge in [0.2, 0.25) is 0 Å². The van der Waals surface area contributed by atoms with Crippen LogP contribution in [0.15, 0.2) is 16.3 Å². The SMILES string of the molecule is CCN(C(C)CN(C)C)S(=O)(=O)c1ccc(CNC)s1. The largest absolute Gasteiger partial charge is 0.315 e. The summed E-state index contributed by atoms with van der Waals surface area (Å²) < 4.78 is 27.4. The highest BCUT2D eigenvalue weighted by atomic mass is 32.2. The second-order valence-corrected chi connectivity index (χ2v) is 8.36. The van der Waals surface area contributed by atoms with E-state index in [9.17, 15) is 8.42 Å². The van der Waals surface area contributed by atoms with Gasteiger partial charge in [-0.15, -0.1) is 11.3 Å². The summed E-state index contributed by atoms with van der Waals surface area (Å²) in [6.45, 7) is 5.72. The van der Waals surface area contributed by atoms with Crippen molar-refractivity contribution >= 4 is 21.4 Å². The lowest BCUT2D eigenvalue weighted by Gasteiger charge is -2.28. The average Bonchev–Trinajstić information content (AvgIpc) is 2.78. The molecule has 1 N–H and O–H groups in total. The van der Waals surface area contributed by atoms with E-state index in [1.54, 1.807) is 10.4 Å². The molecule has 0 aliphatic rings. The Morgan fingerprint density at radius 3 is 2.50 bits per heavy atom. The number of likely N-dealkylation sites (N-methyl/N-ethyl adjacent to an activating group) is 2. The molecule has 20 heavy (non-hydrogen) atoms. The Hall–Kier alpha value is -0.470. The van der Waals surface area contributed by atoms with Crippen molar-refractivity contribution in [1.29, 1.82) is 0 Å². The Bertz CT molecular complexity index is 511. The van der Waals surface area contributed by atoms with Crippen LogP contribution < -0.4 is 5.32 Å². The number of thiophene rings is 1. The molecule has 0 aliphatic heterocycles. The maximum absolute atomic E-state index is 12.7. The van der Waals surface area contributed by atoms with Crippen molar-refractivity contribution in [2.45, 2.75) is 30.6 Å². The summed E-state index contributed by atoms with van der Waals surface area (Å²) in [6.07, 6.45) is 0. The van der Waals surface area contributed by atoms with E-state index in [1.807, 2.05) is 46.0 Å². The van der Waals surface area contributed by atoms with Crippen LogP contribution >= 0.6 is 11.3 Å². The molecule has 1 aromatic heterocycles. The van der Waals surface area contributed by atoms with Gasteiger partial charge in [0.1, 0.15) is 4.21 Å². The lowest BCUT2D eigenvalue weighted by molar-refractivity contribution is 0.272. The Labute approximate surface area is 126 Å². The Morgan fingerprint density at radius 2 is 2.00 bits per heavy atom. The molecule has 0 saturated carbocycles. The zero-order valence-electron chi connectivity index (χ0n) is 12.9. The van der Waals surface area contributed by atoms with E-state index in [0.717, 1.165) is 4.88 Å². The average molecular weight is 319 g/mol. The summed E-state index contributed by atoms with van der Waals surface area (Å²) in [4.78, 5) is 3.03. The van der Waals surface area contributed by atoms with Crippen LogP contribution in [0.3, 0.4) is 0 Å². The van der Waals surface area contributed by atoms with E-state index in [4.69, 9.17) is 0 Å². The smallest absolute Gasteiger partial charge is 0.252 e. The summed E-state index contributed by atoms with van der Waals surface area (Å²) in [6, 6.07) is 3.53. The normalized spacial score (nSPS) is 14.2. The number of nitrogens with one attached hydrogen (secondary N) is 1. The molecule has 7 heteroatoms. The third-order valence-corrected chi connectivity index (χ3v) is 6.63. The van der Waals surface area contributed by atoms with Gasteiger partial charge in [0, 0.05) is 30.6 Å². The summed E-state index contributed by atoms with van der Waals surface area (Å²) in [5.41, 5.74) is 0. The highest BCUT2D eigenvalue weighted by molar-refractivity contribution is 7.91. The molecule has 0 spiro atoms. The third kappa shape index (κ3) is 4.26. The van der Waals surface area contributed by atoms with Crippen molar-refractivity contribution in [3.63, 3.8) is 0 Å². The molecule has 1 rings (SSSR count). The minimum Gasteiger partial charge on any atom is -0.315 e. The Balaban J connectivity index is 2.98. The molecule has 5 nitrogen and oxygen atoms in total. The van der Waals surface area contributed by atoms with Gasteiger partial charge in [-0.05, 0) is 40.2 Å². The van der Waals surface area contributed by atoms with Gasteiger partial charge >= 0.3 is 0 Å². The highest BCUT2D eigenvalue weighted by Crippen LogP contribution is 2.26. The molecule has 1 unspecified atom stereocenters. The minimum absolute atomic E-state index is 0.0464. The van der Waals surface area contributed by atoms with Gasteiger partial charge in [0.25, 0.3) is 10.0 Å². The first kappa shape index (κ1) is 17.6. The summed E-state index contributed by atoms with van der Waals surface area (Å²) in [5, 5.41) is 3.04. The molecule has 0 aliphatic carbocycles. The molecule has 0 saturated heterocycles. The van der Waals surface area contributed by atoms with E-state index in [-0.39, 0.29) is 6.04 Å². The summed E-state index contributed by atoms with van der Waals surface area (Å²) in [7, 11) is 2.36. The lowest BCUT2D eigenvalue weighted by Crippen LogP contribution is -2.43. The Morgan fingerprint density at radius 1 is 1.35 bits per heavy atom. The number of rotatable bonds is 8. The fraction of sp³-hybridized carbons (Fsp3) is 0.692. The van der Waals surface area contributed by atoms with Crippen molar-refractivity contribution < 1.29 is 8.42 Å². The fourth-order valence-electron chi connectivity index (χ4n) is 2.22. The quantitative estimate of drug-likeness (QED) is 0.787. The van der Waals surface area contributed by atoms with E-state index in [2.05, 4.69) is 5.32 Å². The molecule has 1 aromatic rings. The second-order valence-electron chi connectivity index (χ2n) is 5.07. The van der Waals surface area contributed by atoms with E-state index in [1.165, 1.54) is 11.3 Å². The maximum atomic E-state index is 12.7. The van der Waals surface area contributed by atoms with Gasteiger partial charge in [-0.25, -0.2) is 8.42 Å². The number of hydrogen-bond donors (Lipinski definition) is 1. The van der Waals surface area contributed by atoms with Crippen LogP contribution in [-0.4, -0.2) is 57.9 Å². The van der Waals surface area contributed by atoms with Gasteiger partial charge in [-0.1, -0.05) is 6.92 Å². The van der Waals surface area contributed by atoms with Crippen LogP contribution in [0, 0.1) is 0 Å². The highest BCUT2D eigenvalue weighted by Gasteiger charge is 2.29. The van der Waals surface area contributed by atoms with Crippen molar-refractivity contribution in [2.75, 3.05) is 34.2 Å². The molecule has 0 fully saturated rings. The van der Waals surface area contributed by atoms with Gasteiger partial charge < -0.3 is 10.2 Å². The zero-order chi connectivity index (χ0) is 15.3. The monoisotopic (exact) mass is 319 g/mol. The van der Waals surface area contributed by atoms with Crippen molar-refractivity contribution in [3.05, 3.63) is 17.0 Å². The fourth-order valence-corrected chi connectivity index (χ4v) is 5.35. The molecule has 1 atom stereocenters. The number of hydrogen-bond acceptors (Lipinski definition) is 5. The predicted molar refractivity (Wildman–Crippen MR) is 84.7 cm³/mol. The lowest BCUT2D eigenvalue weighted by atomic mass is 10.3. The first-order valence-electron chi connectivity index (χ1n) is 6.72. The van der Waals surface area contributed by atoms with Gasteiger partial charge in [0.15, 0.2) is 0 Å². The standard InChI is InChI=1S/C13H25N3O2S2/c1-6-16(11(2)10-15(4)5)20(17,18)13-8-7-12(19-13)9-14-3/h7-8,11,14H,6,9-10H2,1-5H3. The van der Waals surface area contributed by atoms with Crippen molar-refractivity contribution in [2.24, 2.45) is 0 Å². The molecule has 0 amide bonds. The molecular formula is C13H25N3O2S2. The van der Waals surface area contributed by atoms with Crippen LogP contribution in [0.2, 0.25) is 0 Å². The van der Waals surface area contributed by atoms with Gasteiger partial charge in [-0.2, -0.15) is 4.31 Å². The van der Waals surface area contributed by atoms with E-state index >= 15 is 0 Å². The second kappa shape index (κ2) is 7.51. The molecule has 1 heterocycles. The number of nitrogens with zero attached hydrogens (tertiary/aromatic N) is 2. The zero-order valence-corrected chi connectivity index (χ0v) is 14.5. The third-order valence-electron chi connectivity index (χ3n) is 2.98. The van der Waals surface area contributed by atoms with Crippen LogP contribution in [0.4, 0.5) is 0 Å². The van der Waals surface area contributed by atoms with Gasteiger partial charge in [-0.3, -0.25) is 0 Å². The molecule has 0 aromatic carbocycles. The first-order valence-corrected chi connectivity index (χ1v) is 8.98. The van der Waals surface area contributed by atoms with E-state index in [0.29, 0.717) is 23.8 Å². The van der Waals surface area contributed by atoms with Gasteiger partial charge in [0.05, 0.1) is 0 Å². The maximum Gasteiger partial charge on any atom is 0.252 e.